The highest BCUT2D eigenvalue weighted by molar-refractivity contribution is 6.30. The van der Waals surface area contributed by atoms with E-state index in [4.69, 9.17) is 21.9 Å². The molecule has 6 heteroatoms. The number of rotatable bonds is 3. The molecule has 0 aliphatic carbocycles. The van der Waals surface area contributed by atoms with Crippen molar-refractivity contribution in [1.29, 1.82) is 0 Å². The molecular formula is C12H7ClFN3O. The Morgan fingerprint density at radius 3 is 2.72 bits per heavy atom. The summed E-state index contributed by atoms with van der Waals surface area (Å²) in [6.45, 7) is 0. The molecule has 0 saturated carbocycles. The third-order valence-electron chi connectivity index (χ3n) is 2.14. The summed E-state index contributed by atoms with van der Waals surface area (Å²) < 4.78 is 18.5. The Kier molecular flexibility index (Phi) is 3.67. The minimum atomic E-state index is -0.521. The van der Waals surface area contributed by atoms with Gasteiger partial charge in [-0.2, -0.15) is 0 Å². The molecule has 0 aromatic heterocycles. The van der Waals surface area contributed by atoms with Crippen molar-refractivity contribution in [3.05, 3.63) is 63.7 Å². The lowest BCUT2D eigenvalue weighted by Gasteiger charge is -2.08. The van der Waals surface area contributed by atoms with E-state index in [0.717, 1.165) is 0 Å². The Morgan fingerprint density at radius 2 is 2.00 bits per heavy atom. The van der Waals surface area contributed by atoms with Gasteiger partial charge in [0, 0.05) is 11.0 Å². The van der Waals surface area contributed by atoms with Gasteiger partial charge in [-0.05, 0) is 29.8 Å². The van der Waals surface area contributed by atoms with Crippen LogP contribution in [0, 0.1) is 5.82 Å². The first-order valence-electron chi connectivity index (χ1n) is 4.98. The van der Waals surface area contributed by atoms with Gasteiger partial charge in [0.05, 0.1) is 10.7 Å². The highest BCUT2D eigenvalue weighted by atomic mass is 35.5. The Morgan fingerprint density at radius 1 is 1.22 bits per heavy atom. The number of nitrogens with zero attached hydrogens (tertiary/aromatic N) is 3. The third kappa shape index (κ3) is 2.71. The summed E-state index contributed by atoms with van der Waals surface area (Å²) >= 11 is 5.64. The minimum Gasteiger partial charge on any atom is -0.457 e. The van der Waals surface area contributed by atoms with Crippen LogP contribution in [0.25, 0.3) is 10.4 Å². The normalized spacial score (nSPS) is 9.67. The summed E-state index contributed by atoms with van der Waals surface area (Å²) in [5.41, 5.74) is 8.77. The van der Waals surface area contributed by atoms with Crippen LogP contribution < -0.4 is 4.74 Å². The van der Waals surface area contributed by atoms with E-state index >= 15 is 0 Å². The van der Waals surface area contributed by atoms with E-state index in [1.165, 1.54) is 18.2 Å². The molecule has 0 amide bonds. The van der Waals surface area contributed by atoms with Crippen LogP contribution in [0.4, 0.5) is 10.1 Å². The van der Waals surface area contributed by atoms with E-state index in [1.54, 1.807) is 24.3 Å². The molecule has 2 aromatic rings. The maximum atomic E-state index is 13.0. The Balaban J connectivity index is 2.33. The molecule has 0 aliphatic heterocycles. The summed E-state index contributed by atoms with van der Waals surface area (Å²) in [7, 11) is 0. The number of benzene rings is 2. The molecule has 0 saturated heterocycles. The first kappa shape index (κ1) is 12.2. The minimum absolute atomic E-state index is 0.0336. The van der Waals surface area contributed by atoms with Gasteiger partial charge < -0.3 is 4.74 Å². The van der Waals surface area contributed by atoms with E-state index in [1.807, 2.05) is 0 Å². The largest absolute Gasteiger partial charge is 0.457 e. The van der Waals surface area contributed by atoms with Crippen molar-refractivity contribution >= 4 is 17.3 Å². The van der Waals surface area contributed by atoms with Gasteiger partial charge in [-0.25, -0.2) is 4.39 Å². The molecule has 0 atom stereocenters. The van der Waals surface area contributed by atoms with E-state index in [9.17, 15) is 4.39 Å². The number of azide groups is 1. The lowest BCUT2D eigenvalue weighted by molar-refractivity contribution is 0.482. The molecule has 0 spiro atoms. The molecule has 2 rings (SSSR count). The highest BCUT2D eigenvalue weighted by Crippen LogP contribution is 2.32. The predicted molar refractivity (Wildman–Crippen MR) is 66.7 cm³/mol. The van der Waals surface area contributed by atoms with Gasteiger partial charge in [0.25, 0.3) is 0 Å². The van der Waals surface area contributed by atoms with Crippen molar-refractivity contribution in [3.63, 3.8) is 0 Å². The topological polar surface area (TPSA) is 58.0 Å². The number of hydrogen-bond acceptors (Lipinski definition) is 2. The van der Waals surface area contributed by atoms with E-state index < -0.39 is 5.82 Å². The van der Waals surface area contributed by atoms with E-state index in [-0.39, 0.29) is 5.02 Å². The molecule has 0 unspecified atom stereocenters. The summed E-state index contributed by atoms with van der Waals surface area (Å²) in [6.07, 6.45) is 0. The van der Waals surface area contributed by atoms with Crippen LogP contribution in [-0.2, 0) is 0 Å². The third-order valence-corrected chi connectivity index (χ3v) is 2.43. The average Bonchev–Trinajstić information content (AvgIpc) is 2.37. The molecule has 0 bridgehead atoms. The van der Waals surface area contributed by atoms with Crippen LogP contribution in [0.3, 0.4) is 0 Å². The Bertz CT molecular complexity index is 626. The highest BCUT2D eigenvalue weighted by Gasteiger charge is 2.05. The molecule has 0 aliphatic rings. The zero-order chi connectivity index (χ0) is 13.0. The van der Waals surface area contributed by atoms with Gasteiger partial charge in [0.15, 0.2) is 0 Å². The van der Waals surface area contributed by atoms with Crippen molar-refractivity contribution < 1.29 is 9.13 Å². The molecule has 18 heavy (non-hydrogen) atoms. The molecule has 0 fully saturated rings. The van der Waals surface area contributed by atoms with E-state index in [2.05, 4.69) is 10.0 Å². The summed E-state index contributed by atoms with van der Waals surface area (Å²) in [5, 5.41) is 3.46. The van der Waals surface area contributed by atoms with Gasteiger partial charge in [-0.3, -0.25) is 0 Å². The fourth-order valence-electron chi connectivity index (χ4n) is 1.34. The smallest absolute Gasteiger partial charge is 0.142 e. The van der Waals surface area contributed by atoms with Crippen molar-refractivity contribution in [3.8, 4) is 11.5 Å². The molecule has 4 nitrogen and oxygen atoms in total. The molecule has 2 aromatic carbocycles. The van der Waals surface area contributed by atoms with Crippen molar-refractivity contribution in [2.24, 2.45) is 5.11 Å². The molecular weight excluding hydrogens is 257 g/mol. The van der Waals surface area contributed by atoms with Crippen LogP contribution in [0.2, 0.25) is 5.02 Å². The number of halogens is 2. The van der Waals surface area contributed by atoms with Crippen molar-refractivity contribution in [2.75, 3.05) is 0 Å². The van der Waals surface area contributed by atoms with Crippen LogP contribution in [0.15, 0.2) is 47.6 Å². The summed E-state index contributed by atoms with van der Waals surface area (Å²) in [5.74, 6) is 0.215. The van der Waals surface area contributed by atoms with Gasteiger partial charge in [-0.15, -0.1) is 0 Å². The van der Waals surface area contributed by atoms with Crippen LogP contribution in [0.1, 0.15) is 0 Å². The van der Waals surface area contributed by atoms with Crippen molar-refractivity contribution in [1.82, 2.24) is 0 Å². The lowest BCUT2D eigenvalue weighted by atomic mass is 10.3. The van der Waals surface area contributed by atoms with Crippen LogP contribution in [-0.4, -0.2) is 0 Å². The quantitative estimate of drug-likeness (QED) is 0.426. The van der Waals surface area contributed by atoms with Gasteiger partial charge in [0.1, 0.15) is 17.3 Å². The maximum absolute atomic E-state index is 13.0. The first-order valence-corrected chi connectivity index (χ1v) is 5.35. The van der Waals surface area contributed by atoms with Gasteiger partial charge in [0.2, 0.25) is 0 Å². The van der Waals surface area contributed by atoms with Gasteiger partial charge in [-0.1, -0.05) is 28.8 Å². The molecule has 0 N–H and O–H groups in total. The van der Waals surface area contributed by atoms with E-state index in [0.29, 0.717) is 17.2 Å². The second-order valence-corrected chi connectivity index (χ2v) is 3.74. The molecule has 0 heterocycles. The predicted octanol–water partition coefficient (Wildman–Crippen LogP) is 5.21. The summed E-state index contributed by atoms with van der Waals surface area (Å²) in [6, 6.07) is 10.7. The SMILES string of the molecule is [N-]=[N+]=Nc1ccccc1Oc1ccc(F)c(Cl)c1. The van der Waals surface area contributed by atoms with Gasteiger partial charge >= 0.3 is 0 Å². The zero-order valence-electron chi connectivity index (χ0n) is 9.05. The maximum Gasteiger partial charge on any atom is 0.142 e. The number of hydrogen-bond donors (Lipinski definition) is 0. The zero-order valence-corrected chi connectivity index (χ0v) is 9.80. The second-order valence-electron chi connectivity index (χ2n) is 3.34. The fourth-order valence-corrected chi connectivity index (χ4v) is 1.51. The Labute approximate surface area is 107 Å². The molecule has 90 valence electrons. The summed E-state index contributed by atoms with van der Waals surface area (Å²) in [4.78, 5) is 2.70. The number of para-hydroxylation sites is 1. The second kappa shape index (κ2) is 5.40. The number of ether oxygens (including phenoxy) is 1. The van der Waals surface area contributed by atoms with Crippen molar-refractivity contribution in [2.45, 2.75) is 0 Å². The van der Waals surface area contributed by atoms with Crippen LogP contribution in [0.5, 0.6) is 11.5 Å². The monoisotopic (exact) mass is 263 g/mol. The lowest BCUT2D eigenvalue weighted by Crippen LogP contribution is -1.85. The fraction of sp³-hybridized carbons (Fsp3) is 0. The standard InChI is InChI=1S/C12H7ClFN3O/c13-9-7-8(5-6-10(9)14)18-12-4-2-1-3-11(12)16-17-15/h1-7H. The Hall–Kier alpha value is -2.23. The molecule has 0 radical (unpaired) electrons. The van der Waals surface area contributed by atoms with Crippen LogP contribution >= 0.6 is 11.6 Å². The average molecular weight is 264 g/mol. The first-order chi connectivity index (χ1) is 8.70.